The van der Waals surface area contributed by atoms with Gasteiger partial charge in [-0.05, 0) is 53.5 Å². The molecule has 0 bridgehead atoms. The van der Waals surface area contributed by atoms with Gasteiger partial charge >= 0.3 is 0 Å². The monoisotopic (exact) mass is 453 g/mol. The van der Waals surface area contributed by atoms with E-state index in [0.29, 0.717) is 13.1 Å². The molecule has 0 aliphatic carbocycles. The quantitative estimate of drug-likeness (QED) is 0.449. The number of ether oxygens (including phenoxy) is 2. The first-order chi connectivity index (χ1) is 16.6. The summed E-state index contributed by atoms with van der Waals surface area (Å²) >= 11 is 0. The van der Waals surface area contributed by atoms with Gasteiger partial charge < -0.3 is 14.4 Å². The Balaban J connectivity index is 1.16. The fourth-order valence-corrected chi connectivity index (χ4v) is 4.76. The lowest BCUT2D eigenvalue weighted by Crippen LogP contribution is -2.50. The maximum atomic E-state index is 12.7. The summed E-state index contributed by atoms with van der Waals surface area (Å²) < 4.78 is 12.2. The predicted molar refractivity (Wildman–Crippen MR) is 136 cm³/mol. The number of carbonyl (C=O) groups is 1. The molecule has 34 heavy (non-hydrogen) atoms. The first-order valence-corrected chi connectivity index (χ1v) is 12.2. The molecule has 3 aromatic rings. The van der Waals surface area contributed by atoms with Crippen LogP contribution in [-0.2, 0) is 11.2 Å². The second-order valence-electron chi connectivity index (χ2n) is 9.18. The van der Waals surface area contributed by atoms with Crippen molar-refractivity contribution in [2.45, 2.75) is 38.2 Å². The number of benzene rings is 3. The third-order valence-corrected chi connectivity index (χ3v) is 6.78. The van der Waals surface area contributed by atoms with E-state index in [-0.39, 0.29) is 18.1 Å². The van der Waals surface area contributed by atoms with Gasteiger partial charge in [0.05, 0.1) is 0 Å². The van der Waals surface area contributed by atoms with Crippen molar-refractivity contribution in [1.29, 1.82) is 0 Å². The van der Waals surface area contributed by atoms with Crippen LogP contribution in [-0.4, -0.2) is 36.1 Å². The molecular formula is C30H31NO3. The highest BCUT2D eigenvalue weighted by molar-refractivity contribution is 5.78. The Hall–Kier alpha value is -3.53. The lowest BCUT2D eigenvalue weighted by molar-refractivity contribution is -0.136. The molecule has 1 spiro atoms. The molecule has 0 radical (unpaired) electrons. The molecule has 4 nitrogen and oxygen atoms in total. The molecule has 3 aromatic carbocycles. The van der Waals surface area contributed by atoms with Crippen LogP contribution >= 0.6 is 0 Å². The van der Waals surface area contributed by atoms with Crippen LogP contribution < -0.4 is 9.47 Å². The third kappa shape index (κ3) is 4.86. The number of hydrogen-bond donors (Lipinski definition) is 0. The molecular weight excluding hydrogens is 422 g/mol. The topological polar surface area (TPSA) is 38.8 Å². The van der Waals surface area contributed by atoms with E-state index in [1.807, 2.05) is 23.1 Å². The Morgan fingerprint density at radius 2 is 1.74 bits per heavy atom. The lowest BCUT2D eigenvalue weighted by atomic mass is 9.87. The van der Waals surface area contributed by atoms with Crippen molar-refractivity contribution in [1.82, 2.24) is 4.90 Å². The SMILES string of the molecule is CCCc1ccc(OCC(=O)N2CCC3(C=Cc4cc(-c5ccccc5)ccc4O3)CC2)cc1. The zero-order chi connectivity index (χ0) is 23.4. The fourth-order valence-electron chi connectivity index (χ4n) is 4.76. The van der Waals surface area contributed by atoms with Gasteiger partial charge in [-0.1, -0.05) is 68.0 Å². The summed E-state index contributed by atoms with van der Waals surface area (Å²) in [7, 11) is 0. The standard InChI is InChI=1S/C30H31NO3/c1-2-6-23-9-12-27(13-10-23)33-22-29(32)31-19-17-30(18-20-31)16-15-26-21-25(11-14-28(26)34-30)24-7-4-3-5-8-24/h3-5,7-16,21H,2,6,17-20,22H2,1H3. The zero-order valence-corrected chi connectivity index (χ0v) is 19.7. The molecule has 0 saturated carbocycles. The number of amides is 1. The largest absolute Gasteiger partial charge is 0.484 e. The Labute approximate surface area is 201 Å². The molecule has 5 rings (SSSR count). The van der Waals surface area contributed by atoms with Gasteiger partial charge in [-0.3, -0.25) is 4.79 Å². The van der Waals surface area contributed by atoms with E-state index in [1.54, 1.807) is 0 Å². The highest BCUT2D eigenvalue weighted by Gasteiger charge is 2.38. The van der Waals surface area contributed by atoms with Gasteiger partial charge in [0, 0.05) is 31.5 Å². The number of rotatable bonds is 6. The van der Waals surface area contributed by atoms with Gasteiger partial charge in [-0.25, -0.2) is 0 Å². The predicted octanol–water partition coefficient (Wildman–Crippen LogP) is 6.15. The number of likely N-dealkylation sites (tertiary alicyclic amines) is 1. The fraction of sp³-hybridized carbons (Fsp3) is 0.300. The minimum Gasteiger partial charge on any atom is -0.484 e. The first-order valence-electron chi connectivity index (χ1n) is 12.2. The number of aryl methyl sites for hydroxylation is 1. The molecule has 2 aliphatic rings. The van der Waals surface area contributed by atoms with E-state index in [2.05, 4.69) is 73.7 Å². The van der Waals surface area contributed by atoms with Crippen LogP contribution in [0.4, 0.5) is 0 Å². The minimum absolute atomic E-state index is 0.0279. The molecule has 2 aliphatic heterocycles. The van der Waals surface area contributed by atoms with Crippen LogP contribution in [0.5, 0.6) is 11.5 Å². The maximum Gasteiger partial charge on any atom is 0.260 e. The van der Waals surface area contributed by atoms with Crippen molar-refractivity contribution in [3.8, 4) is 22.6 Å². The smallest absolute Gasteiger partial charge is 0.260 e. The van der Waals surface area contributed by atoms with Crippen LogP contribution in [0.25, 0.3) is 17.2 Å². The molecule has 0 aromatic heterocycles. The number of piperidine rings is 1. The number of hydrogen-bond acceptors (Lipinski definition) is 3. The second kappa shape index (κ2) is 9.76. The summed E-state index contributed by atoms with van der Waals surface area (Å²) in [4.78, 5) is 14.6. The summed E-state index contributed by atoms with van der Waals surface area (Å²) in [5, 5.41) is 0. The zero-order valence-electron chi connectivity index (χ0n) is 19.7. The summed E-state index contributed by atoms with van der Waals surface area (Å²) in [5.41, 5.74) is 4.44. The highest BCUT2D eigenvalue weighted by Crippen LogP contribution is 2.38. The average Bonchev–Trinajstić information content (AvgIpc) is 2.89. The first kappa shape index (κ1) is 22.3. The van der Waals surface area contributed by atoms with Gasteiger partial charge in [0.2, 0.25) is 0 Å². The molecule has 0 unspecified atom stereocenters. The molecule has 4 heteroatoms. The summed E-state index contributed by atoms with van der Waals surface area (Å²) in [5.74, 6) is 1.68. The molecule has 0 atom stereocenters. The summed E-state index contributed by atoms with van der Waals surface area (Å²) in [6.07, 6.45) is 8.09. The minimum atomic E-state index is -0.339. The van der Waals surface area contributed by atoms with Gasteiger partial charge in [-0.15, -0.1) is 0 Å². The van der Waals surface area contributed by atoms with E-state index in [4.69, 9.17) is 9.47 Å². The second-order valence-corrected chi connectivity index (χ2v) is 9.18. The normalized spacial score (nSPS) is 16.1. The van der Waals surface area contributed by atoms with Gasteiger partial charge in [0.15, 0.2) is 6.61 Å². The Morgan fingerprint density at radius 1 is 0.971 bits per heavy atom. The van der Waals surface area contributed by atoms with Crippen molar-refractivity contribution in [3.05, 3.63) is 90.0 Å². The number of carbonyl (C=O) groups excluding carboxylic acids is 1. The van der Waals surface area contributed by atoms with Crippen LogP contribution in [0.2, 0.25) is 0 Å². The van der Waals surface area contributed by atoms with E-state index in [0.717, 1.165) is 42.7 Å². The van der Waals surface area contributed by atoms with E-state index in [1.165, 1.54) is 16.7 Å². The van der Waals surface area contributed by atoms with Crippen molar-refractivity contribution in [2.75, 3.05) is 19.7 Å². The lowest BCUT2D eigenvalue weighted by Gasteiger charge is -2.42. The van der Waals surface area contributed by atoms with Gasteiger partial charge in [-0.2, -0.15) is 0 Å². The maximum absolute atomic E-state index is 12.7. The van der Waals surface area contributed by atoms with E-state index >= 15 is 0 Å². The average molecular weight is 454 g/mol. The van der Waals surface area contributed by atoms with Crippen LogP contribution in [0.1, 0.15) is 37.3 Å². The van der Waals surface area contributed by atoms with Crippen molar-refractivity contribution >= 4 is 12.0 Å². The number of fused-ring (bicyclic) bond motifs is 1. The van der Waals surface area contributed by atoms with Crippen molar-refractivity contribution < 1.29 is 14.3 Å². The molecule has 1 fully saturated rings. The van der Waals surface area contributed by atoms with E-state index < -0.39 is 0 Å². The van der Waals surface area contributed by atoms with E-state index in [9.17, 15) is 4.79 Å². The van der Waals surface area contributed by atoms with Crippen molar-refractivity contribution in [2.24, 2.45) is 0 Å². The van der Waals surface area contributed by atoms with Crippen molar-refractivity contribution in [3.63, 3.8) is 0 Å². The van der Waals surface area contributed by atoms with Gasteiger partial charge in [0.25, 0.3) is 5.91 Å². The summed E-state index contributed by atoms with van der Waals surface area (Å²) in [6.45, 7) is 3.57. The van der Waals surface area contributed by atoms with Crippen LogP contribution in [0, 0.1) is 0 Å². The molecule has 1 saturated heterocycles. The van der Waals surface area contributed by atoms with Crippen LogP contribution in [0.3, 0.4) is 0 Å². The van der Waals surface area contributed by atoms with Gasteiger partial charge in [0.1, 0.15) is 17.1 Å². The molecule has 174 valence electrons. The Bertz CT molecular complexity index is 1160. The highest BCUT2D eigenvalue weighted by atomic mass is 16.5. The Kier molecular flexibility index (Phi) is 6.39. The Morgan fingerprint density at radius 3 is 2.47 bits per heavy atom. The van der Waals surface area contributed by atoms with Crippen LogP contribution in [0.15, 0.2) is 78.9 Å². The molecule has 2 heterocycles. The third-order valence-electron chi connectivity index (χ3n) is 6.78. The molecule has 0 N–H and O–H groups in total. The number of nitrogens with zero attached hydrogens (tertiary/aromatic N) is 1. The molecule has 1 amide bonds. The summed E-state index contributed by atoms with van der Waals surface area (Å²) in [6, 6.07) is 24.8.